The number of hydrogen-bond donors (Lipinski definition) is 1. The number of carbonyl (C=O) groups excluding carboxylic acids is 2. The normalized spacial score (nSPS) is 15.2. The van der Waals surface area contributed by atoms with E-state index in [-0.39, 0.29) is 5.91 Å². The van der Waals surface area contributed by atoms with E-state index in [1.54, 1.807) is 11.1 Å². The number of nitrogens with one attached hydrogen (secondary N) is 1. The molecule has 1 aromatic heterocycles. The second kappa shape index (κ2) is 7.59. The molecule has 1 aliphatic heterocycles. The molecule has 0 aromatic carbocycles. The lowest BCUT2D eigenvalue weighted by Crippen LogP contribution is -2.48. The minimum absolute atomic E-state index is 0.143. The summed E-state index contributed by atoms with van der Waals surface area (Å²) in [4.78, 5) is 30.3. The fraction of sp³-hybridized carbons (Fsp3) is 0.500. The first-order valence-electron chi connectivity index (χ1n) is 6.87. The highest BCUT2D eigenvalue weighted by atomic mass is 16.2. The van der Waals surface area contributed by atoms with E-state index >= 15 is 0 Å². The van der Waals surface area contributed by atoms with Crippen LogP contribution in [0.15, 0.2) is 24.4 Å². The minimum Gasteiger partial charge on any atom is -0.342 e. The monoisotopic (exact) mass is 276 g/mol. The molecule has 0 aliphatic carbocycles. The summed E-state index contributed by atoms with van der Waals surface area (Å²) in [6.45, 7) is 3.86. The maximum atomic E-state index is 12.0. The van der Waals surface area contributed by atoms with Gasteiger partial charge < -0.3 is 15.1 Å². The zero-order valence-corrected chi connectivity index (χ0v) is 11.5. The van der Waals surface area contributed by atoms with Crippen molar-refractivity contribution in [3.63, 3.8) is 0 Å². The number of pyridine rings is 1. The summed E-state index contributed by atoms with van der Waals surface area (Å²) in [5.41, 5.74) is 0.972. The van der Waals surface area contributed by atoms with Crippen molar-refractivity contribution in [1.82, 2.24) is 20.1 Å². The summed E-state index contributed by atoms with van der Waals surface area (Å²) in [5.74, 6) is 0.143. The molecule has 108 valence electrons. The number of amides is 2. The van der Waals surface area contributed by atoms with Crippen LogP contribution >= 0.6 is 0 Å². The average molecular weight is 276 g/mol. The summed E-state index contributed by atoms with van der Waals surface area (Å²) in [7, 11) is 0. The van der Waals surface area contributed by atoms with Gasteiger partial charge in [-0.25, -0.2) is 0 Å². The summed E-state index contributed by atoms with van der Waals surface area (Å²) < 4.78 is 0. The van der Waals surface area contributed by atoms with Gasteiger partial charge in [0.25, 0.3) is 0 Å². The maximum absolute atomic E-state index is 12.0. The molecule has 20 heavy (non-hydrogen) atoms. The Morgan fingerprint density at radius 3 is 2.75 bits per heavy atom. The van der Waals surface area contributed by atoms with Gasteiger partial charge in [-0.2, -0.15) is 0 Å². The van der Waals surface area contributed by atoms with E-state index in [1.807, 2.05) is 23.1 Å². The molecule has 0 unspecified atom stereocenters. The third kappa shape index (κ3) is 4.31. The fourth-order valence-corrected chi connectivity index (χ4v) is 2.15. The molecule has 1 saturated heterocycles. The lowest BCUT2D eigenvalue weighted by Gasteiger charge is -2.32. The smallest absolute Gasteiger partial charge is 0.223 e. The Balaban J connectivity index is 1.62. The van der Waals surface area contributed by atoms with Gasteiger partial charge in [-0.1, -0.05) is 6.07 Å². The van der Waals surface area contributed by atoms with Gasteiger partial charge in [0.2, 0.25) is 12.3 Å². The number of piperazine rings is 1. The van der Waals surface area contributed by atoms with Crippen molar-refractivity contribution in [3.05, 3.63) is 30.1 Å². The molecule has 2 rings (SSSR count). The predicted molar refractivity (Wildman–Crippen MR) is 74.8 cm³/mol. The number of aromatic nitrogens is 1. The van der Waals surface area contributed by atoms with Crippen LogP contribution in [0.3, 0.4) is 0 Å². The molecular weight excluding hydrogens is 256 g/mol. The lowest BCUT2D eigenvalue weighted by atomic mass is 10.3. The average Bonchev–Trinajstić information content (AvgIpc) is 2.52. The molecule has 1 aromatic rings. The molecule has 1 N–H and O–H groups in total. The van der Waals surface area contributed by atoms with Gasteiger partial charge in [-0.05, 0) is 12.1 Å². The predicted octanol–water partition coefficient (Wildman–Crippen LogP) is -0.138. The lowest BCUT2D eigenvalue weighted by molar-refractivity contribution is -0.135. The minimum atomic E-state index is 0.143. The van der Waals surface area contributed by atoms with Gasteiger partial charge in [-0.3, -0.25) is 14.6 Å². The Labute approximate surface area is 118 Å². The van der Waals surface area contributed by atoms with Crippen LogP contribution in [-0.2, 0) is 16.1 Å². The topological polar surface area (TPSA) is 65.5 Å². The Bertz CT molecular complexity index is 430. The van der Waals surface area contributed by atoms with Gasteiger partial charge in [-0.15, -0.1) is 0 Å². The van der Waals surface area contributed by atoms with Crippen molar-refractivity contribution in [2.24, 2.45) is 0 Å². The van der Waals surface area contributed by atoms with E-state index < -0.39 is 0 Å². The van der Waals surface area contributed by atoms with Crippen LogP contribution in [0.1, 0.15) is 12.1 Å². The second-order valence-electron chi connectivity index (χ2n) is 4.77. The highest BCUT2D eigenvalue weighted by Crippen LogP contribution is 2.02. The van der Waals surface area contributed by atoms with Gasteiger partial charge in [0.15, 0.2) is 0 Å². The largest absolute Gasteiger partial charge is 0.342 e. The summed E-state index contributed by atoms with van der Waals surface area (Å²) >= 11 is 0. The molecule has 0 saturated carbocycles. The summed E-state index contributed by atoms with van der Waals surface area (Å²) in [6, 6.07) is 5.78. The third-order valence-corrected chi connectivity index (χ3v) is 3.36. The van der Waals surface area contributed by atoms with E-state index in [0.29, 0.717) is 45.7 Å². The van der Waals surface area contributed by atoms with Crippen LogP contribution in [0.5, 0.6) is 0 Å². The van der Waals surface area contributed by atoms with Crippen LogP contribution in [-0.4, -0.2) is 59.8 Å². The molecule has 6 nitrogen and oxygen atoms in total. The van der Waals surface area contributed by atoms with E-state index in [0.717, 1.165) is 12.1 Å². The maximum Gasteiger partial charge on any atom is 0.223 e. The molecule has 0 spiro atoms. The van der Waals surface area contributed by atoms with Crippen LogP contribution < -0.4 is 5.32 Å². The van der Waals surface area contributed by atoms with Crippen LogP contribution in [0.25, 0.3) is 0 Å². The highest BCUT2D eigenvalue weighted by Gasteiger charge is 2.19. The van der Waals surface area contributed by atoms with Crippen molar-refractivity contribution in [2.75, 3.05) is 32.7 Å². The molecule has 2 amide bonds. The van der Waals surface area contributed by atoms with E-state index in [4.69, 9.17) is 0 Å². The zero-order valence-electron chi connectivity index (χ0n) is 11.5. The Hall–Kier alpha value is -1.95. The van der Waals surface area contributed by atoms with Gasteiger partial charge in [0.1, 0.15) is 0 Å². The Kier molecular flexibility index (Phi) is 5.49. The second-order valence-corrected chi connectivity index (χ2v) is 4.77. The Morgan fingerprint density at radius 1 is 1.30 bits per heavy atom. The number of carbonyl (C=O) groups is 2. The van der Waals surface area contributed by atoms with E-state index in [9.17, 15) is 9.59 Å². The van der Waals surface area contributed by atoms with Gasteiger partial charge in [0.05, 0.1) is 5.69 Å². The first-order valence-corrected chi connectivity index (χ1v) is 6.87. The highest BCUT2D eigenvalue weighted by molar-refractivity contribution is 5.76. The first-order chi connectivity index (χ1) is 9.79. The zero-order chi connectivity index (χ0) is 14.2. The van der Waals surface area contributed by atoms with Gasteiger partial charge >= 0.3 is 0 Å². The number of rotatable bonds is 6. The SMILES string of the molecule is O=CN1CCN(C(=O)CCNCc2ccccn2)CC1. The van der Waals surface area contributed by atoms with E-state index in [1.165, 1.54) is 0 Å². The molecule has 0 atom stereocenters. The molecule has 2 heterocycles. The molecule has 1 aliphatic rings. The summed E-state index contributed by atoms with van der Waals surface area (Å²) in [6.07, 6.45) is 3.08. The van der Waals surface area contributed by atoms with Gasteiger partial charge in [0, 0.05) is 51.9 Å². The number of nitrogens with zero attached hydrogens (tertiary/aromatic N) is 3. The first kappa shape index (κ1) is 14.5. The van der Waals surface area contributed by atoms with Crippen molar-refractivity contribution in [3.8, 4) is 0 Å². The fourth-order valence-electron chi connectivity index (χ4n) is 2.15. The Morgan fingerprint density at radius 2 is 2.10 bits per heavy atom. The standard InChI is InChI=1S/C14H20N4O2/c19-12-17-7-9-18(10-8-17)14(20)4-6-15-11-13-3-1-2-5-16-13/h1-3,5,12,15H,4,6-11H2. The molecule has 6 heteroatoms. The molecule has 0 radical (unpaired) electrons. The molecular formula is C14H20N4O2. The van der Waals surface area contributed by atoms with Crippen LogP contribution in [0.4, 0.5) is 0 Å². The quantitative estimate of drug-likeness (QED) is 0.580. The number of hydrogen-bond acceptors (Lipinski definition) is 4. The van der Waals surface area contributed by atoms with Crippen molar-refractivity contribution >= 4 is 12.3 Å². The van der Waals surface area contributed by atoms with E-state index in [2.05, 4.69) is 10.3 Å². The van der Waals surface area contributed by atoms with Crippen molar-refractivity contribution < 1.29 is 9.59 Å². The summed E-state index contributed by atoms with van der Waals surface area (Å²) in [5, 5.41) is 3.22. The van der Waals surface area contributed by atoms with Crippen molar-refractivity contribution in [1.29, 1.82) is 0 Å². The van der Waals surface area contributed by atoms with Crippen LogP contribution in [0, 0.1) is 0 Å². The molecule has 1 fully saturated rings. The molecule has 0 bridgehead atoms. The van der Waals surface area contributed by atoms with Crippen LogP contribution in [0.2, 0.25) is 0 Å². The third-order valence-electron chi connectivity index (χ3n) is 3.36. The van der Waals surface area contributed by atoms with Crippen molar-refractivity contribution in [2.45, 2.75) is 13.0 Å².